The number of hydrogen-bond donors (Lipinski definition) is 0. The van der Waals surface area contributed by atoms with Gasteiger partial charge in [-0.25, -0.2) is 33.2 Å². The Morgan fingerprint density at radius 3 is 2.06 bits per heavy atom. The minimum Gasteiger partial charge on any atom is -0.456 e. The van der Waals surface area contributed by atoms with Crippen LogP contribution < -0.4 is 18.6 Å². The highest BCUT2D eigenvalue weighted by molar-refractivity contribution is 5.71. The second-order valence-electron chi connectivity index (χ2n) is 9.61. The standard InChI is InChI=1S/C21H34NO4.ClHO4/c1-20(2,3)25-19(23)16-22(12-13-24-26-21(4,5)6)15-18(22)14-17-10-8-7-9-11-17;2-1(3,4)5/h7-11,18H,12-16H2,1-6H3;(H,2,3,4,5)/q+1;/p-1. The van der Waals surface area contributed by atoms with E-state index in [1.807, 2.05) is 47.6 Å². The van der Waals surface area contributed by atoms with Crippen molar-refractivity contribution in [2.24, 2.45) is 0 Å². The molecule has 31 heavy (non-hydrogen) atoms. The summed E-state index contributed by atoms with van der Waals surface area (Å²) in [5.41, 5.74) is 0.504. The van der Waals surface area contributed by atoms with Crippen LogP contribution in [-0.2, 0) is 25.7 Å². The van der Waals surface area contributed by atoms with Crippen molar-refractivity contribution in [1.29, 1.82) is 0 Å². The quantitative estimate of drug-likeness (QED) is 0.116. The lowest BCUT2D eigenvalue weighted by molar-refractivity contribution is -2.00. The van der Waals surface area contributed by atoms with Crippen LogP contribution in [0.15, 0.2) is 30.3 Å². The minimum absolute atomic E-state index is 0.148. The number of nitrogens with zero attached hydrogens (tertiary/aromatic N) is 1. The number of rotatable bonds is 8. The molecule has 1 aliphatic heterocycles. The summed E-state index contributed by atoms with van der Waals surface area (Å²) in [6.45, 7) is 14.1. The van der Waals surface area contributed by atoms with Gasteiger partial charge < -0.3 is 9.22 Å². The molecule has 2 unspecified atom stereocenters. The van der Waals surface area contributed by atoms with Gasteiger partial charge >= 0.3 is 5.97 Å². The van der Waals surface area contributed by atoms with Crippen molar-refractivity contribution in [3.63, 3.8) is 0 Å². The summed E-state index contributed by atoms with van der Waals surface area (Å²) < 4.78 is 40.2. The summed E-state index contributed by atoms with van der Waals surface area (Å²) in [5.74, 6) is -0.148. The molecule has 0 saturated carbocycles. The SMILES string of the molecule is CC(C)(C)OOCC[N+]1(CC(=O)OC(C)(C)C)CC1Cc1ccccc1.[O-][Cl+3]([O-])([O-])[O-]. The molecule has 0 aliphatic carbocycles. The van der Waals surface area contributed by atoms with Crippen LogP contribution in [0.2, 0.25) is 0 Å². The molecule has 9 nitrogen and oxygen atoms in total. The first-order valence-corrected chi connectivity index (χ1v) is 11.3. The second kappa shape index (κ2) is 11.0. The molecule has 0 bridgehead atoms. The smallest absolute Gasteiger partial charge is 0.362 e. The van der Waals surface area contributed by atoms with E-state index < -0.39 is 15.8 Å². The van der Waals surface area contributed by atoms with Crippen molar-refractivity contribution in [2.45, 2.75) is 65.2 Å². The maximum absolute atomic E-state index is 12.4. The van der Waals surface area contributed by atoms with Gasteiger partial charge in [0.1, 0.15) is 31.3 Å². The second-order valence-corrected chi connectivity index (χ2v) is 10.4. The van der Waals surface area contributed by atoms with Crippen LogP contribution in [0.25, 0.3) is 0 Å². The van der Waals surface area contributed by atoms with Gasteiger partial charge in [-0.05, 0) is 47.1 Å². The van der Waals surface area contributed by atoms with Crippen LogP contribution in [0.4, 0.5) is 0 Å². The molecule has 0 radical (unpaired) electrons. The summed E-state index contributed by atoms with van der Waals surface area (Å²) in [6, 6.07) is 10.8. The summed E-state index contributed by atoms with van der Waals surface area (Å²) in [4.78, 5) is 23.1. The van der Waals surface area contributed by atoms with Crippen molar-refractivity contribution < 1.29 is 52.7 Å². The average Bonchev–Trinajstić information content (AvgIpc) is 3.20. The Hall–Kier alpha value is -1.30. The van der Waals surface area contributed by atoms with Crippen molar-refractivity contribution in [2.75, 3.05) is 26.2 Å². The van der Waals surface area contributed by atoms with Gasteiger partial charge in [0, 0.05) is 6.42 Å². The Morgan fingerprint density at radius 1 is 1.03 bits per heavy atom. The van der Waals surface area contributed by atoms with Crippen LogP contribution in [0.1, 0.15) is 47.1 Å². The van der Waals surface area contributed by atoms with Gasteiger partial charge in [-0.3, -0.25) is 0 Å². The molecule has 0 aromatic heterocycles. The molecular formula is C21H34ClNO8. The molecular weight excluding hydrogens is 430 g/mol. The molecule has 0 spiro atoms. The van der Waals surface area contributed by atoms with E-state index in [2.05, 4.69) is 24.3 Å². The maximum Gasteiger partial charge on any atom is 0.362 e. The molecule has 0 amide bonds. The monoisotopic (exact) mass is 463 g/mol. The number of ether oxygens (including phenoxy) is 1. The average molecular weight is 464 g/mol. The number of esters is 1. The highest BCUT2D eigenvalue weighted by Crippen LogP contribution is 2.34. The fraction of sp³-hybridized carbons (Fsp3) is 0.667. The van der Waals surface area contributed by atoms with Crippen LogP contribution in [-0.4, -0.2) is 53.9 Å². The molecule has 1 aromatic rings. The van der Waals surface area contributed by atoms with Gasteiger partial charge in [-0.2, -0.15) is 0 Å². The third-order valence-electron chi connectivity index (χ3n) is 4.32. The van der Waals surface area contributed by atoms with Crippen molar-refractivity contribution in [1.82, 2.24) is 0 Å². The van der Waals surface area contributed by atoms with Crippen molar-refractivity contribution >= 4 is 5.97 Å². The van der Waals surface area contributed by atoms with Gasteiger partial charge in [0.25, 0.3) is 0 Å². The summed E-state index contributed by atoms with van der Waals surface area (Å²) in [6.07, 6.45) is 0.962. The Kier molecular flexibility index (Phi) is 9.86. The maximum atomic E-state index is 12.4. The van der Waals surface area contributed by atoms with Crippen LogP contribution in [0.5, 0.6) is 0 Å². The third kappa shape index (κ3) is 13.7. The van der Waals surface area contributed by atoms with E-state index in [4.69, 9.17) is 33.1 Å². The normalized spacial score (nSPS) is 21.2. The number of carbonyl (C=O) groups excluding carboxylic acids is 1. The number of hydrogen-bond acceptors (Lipinski definition) is 8. The Bertz CT molecular complexity index is 675. The van der Waals surface area contributed by atoms with Crippen molar-refractivity contribution in [3.05, 3.63) is 35.9 Å². The number of carbonyl (C=O) groups is 1. The lowest BCUT2D eigenvalue weighted by atomic mass is 10.1. The molecule has 2 rings (SSSR count). The Labute approximate surface area is 186 Å². The van der Waals surface area contributed by atoms with Gasteiger partial charge in [-0.15, -0.1) is 10.2 Å². The predicted molar refractivity (Wildman–Crippen MR) is 101 cm³/mol. The van der Waals surface area contributed by atoms with Gasteiger partial charge in [0.15, 0.2) is 6.54 Å². The van der Waals surface area contributed by atoms with E-state index in [1.54, 1.807) is 0 Å². The molecule has 1 fully saturated rings. The minimum atomic E-state index is -4.94. The first-order chi connectivity index (χ1) is 14.0. The Morgan fingerprint density at radius 2 is 1.58 bits per heavy atom. The van der Waals surface area contributed by atoms with Crippen LogP contribution in [0.3, 0.4) is 0 Å². The molecule has 0 N–H and O–H groups in total. The number of quaternary nitrogens is 1. The van der Waals surface area contributed by atoms with E-state index in [9.17, 15) is 4.79 Å². The van der Waals surface area contributed by atoms with E-state index in [-0.39, 0.29) is 11.6 Å². The zero-order valence-corrected chi connectivity index (χ0v) is 19.8. The van der Waals surface area contributed by atoms with E-state index in [0.717, 1.165) is 19.5 Å². The van der Waals surface area contributed by atoms with Gasteiger partial charge in [0.2, 0.25) is 0 Å². The fourth-order valence-electron chi connectivity index (χ4n) is 3.13. The molecule has 2 atom stereocenters. The zero-order chi connectivity index (χ0) is 23.9. The topological polar surface area (TPSA) is 137 Å². The van der Waals surface area contributed by atoms with Crippen molar-refractivity contribution in [3.8, 4) is 0 Å². The molecule has 1 saturated heterocycles. The van der Waals surface area contributed by atoms with Gasteiger partial charge in [-0.1, -0.05) is 30.3 Å². The molecule has 10 heteroatoms. The van der Waals surface area contributed by atoms with Crippen LogP contribution in [0, 0.1) is 10.2 Å². The highest BCUT2D eigenvalue weighted by atomic mass is 35.7. The molecule has 1 heterocycles. The summed E-state index contributed by atoms with van der Waals surface area (Å²) >= 11 is 0. The van der Waals surface area contributed by atoms with E-state index in [0.29, 0.717) is 23.7 Å². The lowest BCUT2D eigenvalue weighted by Crippen LogP contribution is -2.68. The lowest BCUT2D eigenvalue weighted by Gasteiger charge is -2.24. The number of benzene rings is 1. The first-order valence-electron chi connectivity index (χ1n) is 10.0. The first kappa shape index (κ1) is 27.7. The van der Waals surface area contributed by atoms with E-state index >= 15 is 0 Å². The predicted octanol–water partition coefficient (Wildman–Crippen LogP) is -1.24. The number of halogens is 1. The summed E-state index contributed by atoms with van der Waals surface area (Å²) in [7, 11) is -4.94. The summed E-state index contributed by atoms with van der Waals surface area (Å²) in [5, 5.41) is 0. The molecule has 1 aliphatic rings. The van der Waals surface area contributed by atoms with Gasteiger partial charge in [0.05, 0.1) is 5.60 Å². The third-order valence-corrected chi connectivity index (χ3v) is 4.32. The Balaban J connectivity index is 0.000000861. The zero-order valence-electron chi connectivity index (χ0n) is 19.1. The largest absolute Gasteiger partial charge is 0.456 e. The molecule has 1 aromatic carbocycles. The highest BCUT2D eigenvalue weighted by Gasteiger charge is 2.55. The van der Waals surface area contributed by atoms with Crippen LogP contribution >= 0.6 is 0 Å². The van der Waals surface area contributed by atoms with E-state index in [1.165, 1.54) is 5.56 Å². The molecule has 178 valence electrons. The fourth-order valence-corrected chi connectivity index (χ4v) is 3.13.